The molecule has 0 saturated heterocycles. The van der Waals surface area contributed by atoms with Crippen LogP contribution >= 0.6 is 17.0 Å². The zero-order valence-corrected chi connectivity index (χ0v) is 17.7. The highest BCUT2D eigenvalue weighted by molar-refractivity contribution is 8.93. The Morgan fingerprint density at radius 2 is 2.12 bits per heavy atom. The number of hydrogen-bond donors (Lipinski definition) is 1. The van der Waals surface area contributed by atoms with Gasteiger partial charge in [-0.1, -0.05) is 6.07 Å². The molecule has 6 heteroatoms. The summed E-state index contributed by atoms with van der Waals surface area (Å²) >= 11 is 0. The van der Waals surface area contributed by atoms with E-state index in [-0.39, 0.29) is 17.0 Å². The van der Waals surface area contributed by atoms with Crippen molar-refractivity contribution in [3.63, 3.8) is 0 Å². The lowest BCUT2D eigenvalue weighted by atomic mass is 9.90. The molecule has 0 saturated carbocycles. The molecular weight excluding hydrogens is 390 g/mol. The summed E-state index contributed by atoms with van der Waals surface area (Å²) in [7, 11) is 0. The van der Waals surface area contributed by atoms with E-state index in [1.165, 1.54) is 24.1 Å². The number of aryl methyl sites for hydroxylation is 1. The van der Waals surface area contributed by atoms with Gasteiger partial charge in [0.2, 0.25) is 0 Å². The monoisotopic (exact) mass is 421 g/mol. The fourth-order valence-electron chi connectivity index (χ4n) is 3.86. The van der Waals surface area contributed by atoms with E-state index in [0.717, 1.165) is 44.7 Å². The van der Waals surface area contributed by atoms with Crippen molar-refractivity contribution in [3.8, 4) is 0 Å². The third-order valence-electron chi connectivity index (χ3n) is 5.16. The van der Waals surface area contributed by atoms with Crippen LogP contribution in [-0.4, -0.2) is 32.5 Å². The van der Waals surface area contributed by atoms with Crippen molar-refractivity contribution in [3.05, 3.63) is 47.8 Å². The Kier molecular flexibility index (Phi) is 8.25. The summed E-state index contributed by atoms with van der Waals surface area (Å²) in [6, 6.07) is 5.12. The molecule has 0 aromatic carbocycles. The molecule has 2 aromatic rings. The van der Waals surface area contributed by atoms with Gasteiger partial charge in [0.25, 0.3) is 0 Å². The number of nitrogens with two attached hydrogens (primary N) is 1. The van der Waals surface area contributed by atoms with Crippen molar-refractivity contribution in [2.45, 2.75) is 64.6 Å². The van der Waals surface area contributed by atoms with Crippen LogP contribution in [0.1, 0.15) is 68.7 Å². The number of imidazole rings is 1. The largest absolute Gasteiger partial charge is 0.331 e. The first-order valence-electron chi connectivity index (χ1n) is 9.60. The van der Waals surface area contributed by atoms with Gasteiger partial charge in [0, 0.05) is 24.6 Å². The van der Waals surface area contributed by atoms with Crippen LogP contribution in [0, 0.1) is 0 Å². The lowest BCUT2D eigenvalue weighted by molar-refractivity contribution is 0.156. The average molecular weight is 422 g/mol. The van der Waals surface area contributed by atoms with Gasteiger partial charge in [0.05, 0.1) is 18.3 Å². The number of nitrogens with zero attached hydrogens (tertiary/aromatic N) is 4. The lowest BCUT2D eigenvalue weighted by Gasteiger charge is -2.35. The predicted molar refractivity (Wildman–Crippen MR) is 112 cm³/mol. The molecule has 5 nitrogen and oxygen atoms in total. The number of pyridine rings is 1. The van der Waals surface area contributed by atoms with Gasteiger partial charge in [-0.3, -0.25) is 9.88 Å². The molecule has 1 atom stereocenters. The smallest absolute Gasteiger partial charge is 0.123 e. The zero-order chi connectivity index (χ0) is 17.6. The Morgan fingerprint density at radius 3 is 2.88 bits per heavy atom. The van der Waals surface area contributed by atoms with Crippen molar-refractivity contribution >= 4 is 17.0 Å². The molecule has 2 aromatic heterocycles. The van der Waals surface area contributed by atoms with Gasteiger partial charge in [-0.05, 0) is 70.7 Å². The molecule has 0 amide bonds. The van der Waals surface area contributed by atoms with Gasteiger partial charge in [-0.15, -0.1) is 17.0 Å². The molecule has 0 spiro atoms. The lowest BCUT2D eigenvalue weighted by Crippen LogP contribution is -2.34. The summed E-state index contributed by atoms with van der Waals surface area (Å²) < 4.78 is 2.28. The molecule has 144 valence electrons. The summed E-state index contributed by atoms with van der Waals surface area (Å²) in [5.74, 6) is 1.14. The first-order chi connectivity index (χ1) is 12.2. The van der Waals surface area contributed by atoms with Gasteiger partial charge in [-0.2, -0.15) is 0 Å². The fourth-order valence-corrected chi connectivity index (χ4v) is 3.86. The summed E-state index contributed by atoms with van der Waals surface area (Å²) in [5.41, 5.74) is 8.40. The number of rotatable bonds is 8. The highest BCUT2D eigenvalue weighted by Crippen LogP contribution is 2.33. The summed E-state index contributed by atoms with van der Waals surface area (Å²) in [5, 5.41) is 0. The normalized spacial score (nSPS) is 16.6. The third-order valence-corrected chi connectivity index (χ3v) is 5.16. The van der Waals surface area contributed by atoms with Crippen molar-refractivity contribution in [1.29, 1.82) is 0 Å². The molecule has 26 heavy (non-hydrogen) atoms. The fraction of sp³-hybridized carbons (Fsp3) is 0.600. The molecule has 0 aliphatic heterocycles. The van der Waals surface area contributed by atoms with E-state index in [2.05, 4.69) is 46.6 Å². The van der Waals surface area contributed by atoms with E-state index >= 15 is 0 Å². The second-order valence-electron chi connectivity index (χ2n) is 7.27. The van der Waals surface area contributed by atoms with Gasteiger partial charge in [0.1, 0.15) is 5.82 Å². The number of hydrogen-bond acceptors (Lipinski definition) is 4. The van der Waals surface area contributed by atoms with Gasteiger partial charge in [-0.25, -0.2) is 4.98 Å². The highest BCUT2D eigenvalue weighted by Gasteiger charge is 2.27. The average Bonchev–Trinajstić information content (AvgIpc) is 3.09. The predicted octanol–water partition coefficient (Wildman–Crippen LogP) is 4.06. The molecule has 1 unspecified atom stereocenters. The maximum absolute atomic E-state index is 5.72. The van der Waals surface area contributed by atoms with Crippen molar-refractivity contribution < 1.29 is 0 Å². The van der Waals surface area contributed by atoms with Gasteiger partial charge >= 0.3 is 0 Å². The van der Waals surface area contributed by atoms with Gasteiger partial charge in [0.15, 0.2) is 0 Å². The number of halogens is 1. The Morgan fingerprint density at radius 1 is 1.27 bits per heavy atom. The van der Waals surface area contributed by atoms with E-state index in [4.69, 9.17) is 10.7 Å². The molecule has 0 bridgehead atoms. The van der Waals surface area contributed by atoms with Crippen LogP contribution in [0.4, 0.5) is 0 Å². The Bertz CT molecular complexity index is 670. The first-order valence-corrected chi connectivity index (χ1v) is 9.60. The van der Waals surface area contributed by atoms with Crippen LogP contribution in [-0.2, 0) is 13.0 Å². The van der Waals surface area contributed by atoms with Gasteiger partial charge < -0.3 is 10.3 Å². The van der Waals surface area contributed by atoms with Crippen LogP contribution < -0.4 is 5.73 Å². The van der Waals surface area contributed by atoms with E-state index in [0.29, 0.717) is 12.1 Å². The second-order valence-corrected chi connectivity index (χ2v) is 7.27. The summed E-state index contributed by atoms with van der Waals surface area (Å²) in [6.45, 7) is 7.09. The summed E-state index contributed by atoms with van der Waals surface area (Å²) in [6.07, 6.45) is 11.7. The van der Waals surface area contributed by atoms with E-state index in [1.807, 2.05) is 12.4 Å². The van der Waals surface area contributed by atoms with E-state index < -0.39 is 0 Å². The number of aromatic nitrogens is 3. The molecule has 1 aliphatic carbocycles. The molecule has 0 radical (unpaired) electrons. The Labute approximate surface area is 167 Å². The minimum absolute atomic E-state index is 0. The topological polar surface area (TPSA) is 60.0 Å². The maximum atomic E-state index is 5.72. The van der Waals surface area contributed by atoms with Crippen LogP contribution in [0.2, 0.25) is 0 Å². The molecule has 0 fully saturated rings. The minimum Gasteiger partial charge on any atom is -0.331 e. The van der Waals surface area contributed by atoms with Crippen molar-refractivity contribution in [2.75, 3.05) is 13.1 Å². The highest BCUT2D eigenvalue weighted by atomic mass is 79.9. The SMILES string of the molecule is Br.CC(C)n1ccnc1CN(CCCCN)C1CCCc2cccnc21. The summed E-state index contributed by atoms with van der Waals surface area (Å²) in [4.78, 5) is 11.9. The molecule has 1 aliphatic rings. The molecule has 2 heterocycles. The third kappa shape index (κ3) is 4.93. The number of unbranched alkanes of at least 4 members (excludes halogenated alkanes) is 1. The first kappa shape index (κ1) is 21.1. The standard InChI is InChI=1S/C20H31N5.BrH/c1-16(2)25-14-12-22-19(25)15-24(13-4-3-10-21)18-9-5-7-17-8-6-11-23-20(17)18;/h6,8,11-12,14,16,18H,3-5,7,9-10,13,15,21H2,1-2H3;1H. The van der Waals surface area contributed by atoms with E-state index in [9.17, 15) is 0 Å². The van der Waals surface area contributed by atoms with Crippen LogP contribution in [0.3, 0.4) is 0 Å². The van der Waals surface area contributed by atoms with Crippen LogP contribution in [0.15, 0.2) is 30.7 Å². The second kappa shape index (κ2) is 10.2. The van der Waals surface area contributed by atoms with E-state index in [1.54, 1.807) is 0 Å². The number of fused-ring (bicyclic) bond motifs is 1. The minimum atomic E-state index is 0. The Hall–Kier alpha value is -1.24. The van der Waals surface area contributed by atoms with Crippen LogP contribution in [0.25, 0.3) is 0 Å². The molecule has 2 N–H and O–H groups in total. The van der Waals surface area contributed by atoms with Crippen molar-refractivity contribution in [1.82, 2.24) is 19.4 Å². The molecule has 3 rings (SSSR count). The zero-order valence-electron chi connectivity index (χ0n) is 16.0. The maximum Gasteiger partial charge on any atom is 0.123 e. The van der Waals surface area contributed by atoms with Crippen LogP contribution in [0.5, 0.6) is 0 Å². The van der Waals surface area contributed by atoms with Crippen molar-refractivity contribution in [2.24, 2.45) is 5.73 Å². The quantitative estimate of drug-likeness (QED) is 0.652. The Balaban J connectivity index is 0.00000243. The molecular formula is C20H32BrN5.